The van der Waals surface area contributed by atoms with E-state index < -0.39 is 10.8 Å². The van der Waals surface area contributed by atoms with Crippen molar-refractivity contribution >= 4 is 23.9 Å². The third-order valence-corrected chi connectivity index (χ3v) is 6.26. The second-order valence-corrected chi connectivity index (χ2v) is 8.81. The molecule has 2 N–H and O–H groups in total. The van der Waals surface area contributed by atoms with Crippen molar-refractivity contribution in [3.63, 3.8) is 0 Å². The first-order valence-corrected chi connectivity index (χ1v) is 9.87. The normalized spacial score (nSPS) is 22.5. The van der Waals surface area contributed by atoms with Gasteiger partial charge in [0, 0.05) is 33.1 Å². The molecule has 0 spiro atoms. The Bertz CT molecular complexity index is 1160. The van der Waals surface area contributed by atoms with E-state index in [1.807, 2.05) is 64.1 Å². The Labute approximate surface area is 174 Å². The maximum absolute atomic E-state index is 11.2. The number of aromatic hydroxyl groups is 2. The van der Waals surface area contributed by atoms with Crippen LogP contribution in [0.25, 0.3) is 11.1 Å². The third kappa shape index (κ3) is 2.43. The number of para-hydroxylation sites is 2. The van der Waals surface area contributed by atoms with E-state index in [1.165, 1.54) is 0 Å². The Kier molecular flexibility index (Phi) is 3.69. The fourth-order valence-corrected chi connectivity index (χ4v) is 4.21. The predicted octanol–water partition coefficient (Wildman–Crippen LogP) is 4.51. The lowest BCUT2D eigenvalue weighted by atomic mass is 9.77. The number of fused-ring (bicyclic) bond motifs is 7. The van der Waals surface area contributed by atoms with Crippen LogP contribution in [0.1, 0.15) is 38.8 Å². The number of rotatable bonds is 0. The molecule has 2 aromatic carbocycles. The van der Waals surface area contributed by atoms with E-state index in [0.717, 1.165) is 0 Å². The van der Waals surface area contributed by atoms with Crippen molar-refractivity contribution < 1.29 is 10.2 Å². The van der Waals surface area contributed by atoms with E-state index in [9.17, 15) is 10.2 Å². The lowest BCUT2D eigenvalue weighted by molar-refractivity contribution is 0.453. The summed E-state index contributed by atoms with van der Waals surface area (Å²) in [5.41, 5.74) is 2.75. The number of aliphatic imine (C=N–C) groups is 4. The van der Waals surface area contributed by atoms with Crippen LogP contribution in [0.3, 0.4) is 0 Å². The van der Waals surface area contributed by atoms with E-state index in [2.05, 4.69) is 20.0 Å². The highest BCUT2D eigenvalue weighted by molar-refractivity contribution is 6.37. The summed E-state index contributed by atoms with van der Waals surface area (Å²) in [5, 5.41) is 22.5. The second kappa shape index (κ2) is 5.98. The van der Waals surface area contributed by atoms with Crippen LogP contribution in [0.4, 0.5) is 0 Å². The standard InChI is InChI=1S/C24H22N4O2/c1-23(2)15-9-5-7-13(19(15)29)14-8-6-10-16(20(14)30)24(3,4)18-12-26-22(28-18)21-25-11-17(23)27-21/h5-12,29-30H,1-4H3/b22-21-. The van der Waals surface area contributed by atoms with Gasteiger partial charge in [0.25, 0.3) is 0 Å². The quantitative estimate of drug-likeness (QED) is 0.684. The van der Waals surface area contributed by atoms with E-state index in [0.29, 0.717) is 45.3 Å². The van der Waals surface area contributed by atoms with E-state index in [4.69, 9.17) is 0 Å². The summed E-state index contributed by atoms with van der Waals surface area (Å²) in [6.07, 6.45) is 3.42. The van der Waals surface area contributed by atoms with Crippen molar-refractivity contribution in [2.24, 2.45) is 20.0 Å². The number of benzene rings is 2. The number of hydrogen-bond acceptors (Lipinski definition) is 6. The van der Waals surface area contributed by atoms with Gasteiger partial charge < -0.3 is 10.2 Å². The largest absolute Gasteiger partial charge is 0.507 e. The zero-order valence-electron chi connectivity index (χ0n) is 17.3. The van der Waals surface area contributed by atoms with Crippen LogP contribution in [0.15, 0.2) is 68.0 Å². The van der Waals surface area contributed by atoms with E-state index in [-0.39, 0.29) is 11.5 Å². The average Bonchev–Trinajstić information content (AvgIpc) is 3.38. The van der Waals surface area contributed by atoms with Crippen LogP contribution in [-0.4, -0.2) is 34.1 Å². The molecule has 0 unspecified atom stereocenters. The van der Waals surface area contributed by atoms with Gasteiger partial charge in [-0.05, 0) is 27.7 Å². The van der Waals surface area contributed by atoms with Crippen LogP contribution in [0.2, 0.25) is 0 Å². The van der Waals surface area contributed by atoms with E-state index >= 15 is 0 Å². The Morgan fingerprint density at radius 1 is 0.633 bits per heavy atom. The maximum Gasteiger partial charge on any atom is 0.198 e. The summed E-state index contributed by atoms with van der Waals surface area (Å²) in [6.45, 7) is 7.95. The Morgan fingerprint density at radius 2 is 1.03 bits per heavy atom. The topological polar surface area (TPSA) is 89.9 Å². The molecule has 6 heteroatoms. The van der Waals surface area contributed by atoms with Gasteiger partial charge in [-0.25, -0.2) is 20.0 Å². The molecule has 8 bridgehead atoms. The number of hydrogen-bond donors (Lipinski definition) is 2. The molecule has 3 heterocycles. The monoisotopic (exact) mass is 398 g/mol. The molecule has 5 rings (SSSR count). The first-order chi connectivity index (χ1) is 14.2. The van der Waals surface area contributed by atoms with Crippen molar-refractivity contribution in [1.82, 2.24) is 0 Å². The summed E-state index contributed by atoms with van der Waals surface area (Å²) in [4.78, 5) is 18.3. The van der Waals surface area contributed by atoms with Crippen LogP contribution in [0.5, 0.6) is 11.5 Å². The van der Waals surface area contributed by atoms with Crippen molar-refractivity contribution in [2.75, 3.05) is 0 Å². The fourth-order valence-electron chi connectivity index (χ4n) is 4.21. The van der Waals surface area contributed by atoms with Crippen LogP contribution in [0, 0.1) is 0 Å². The van der Waals surface area contributed by atoms with Gasteiger partial charge in [-0.1, -0.05) is 36.4 Å². The molecule has 0 fully saturated rings. The lowest BCUT2D eigenvalue weighted by Crippen LogP contribution is -2.29. The highest BCUT2D eigenvalue weighted by Gasteiger charge is 2.36. The van der Waals surface area contributed by atoms with Gasteiger partial charge in [-0.3, -0.25) is 0 Å². The van der Waals surface area contributed by atoms with Crippen molar-refractivity contribution in [3.05, 3.63) is 59.2 Å². The van der Waals surface area contributed by atoms with Crippen LogP contribution in [-0.2, 0) is 10.8 Å². The van der Waals surface area contributed by atoms with Gasteiger partial charge >= 0.3 is 0 Å². The van der Waals surface area contributed by atoms with Gasteiger partial charge in [-0.2, -0.15) is 0 Å². The molecule has 3 aliphatic rings. The molecule has 0 amide bonds. The smallest absolute Gasteiger partial charge is 0.198 e. The zero-order chi connectivity index (χ0) is 21.3. The molecule has 6 nitrogen and oxygen atoms in total. The molecule has 0 aromatic heterocycles. The summed E-state index contributed by atoms with van der Waals surface area (Å²) >= 11 is 0. The van der Waals surface area contributed by atoms with Gasteiger partial charge in [0.15, 0.2) is 11.6 Å². The molecule has 0 saturated heterocycles. The molecule has 0 radical (unpaired) electrons. The molecular formula is C24H22N4O2. The minimum atomic E-state index is -0.614. The SMILES string of the molecule is CC1(C)C2=N/C(=C3/N=CC(=N3)C(C)(C)c3cccc(c3O)-c3cccc1c3O)N=C2. The predicted molar refractivity (Wildman–Crippen MR) is 120 cm³/mol. The van der Waals surface area contributed by atoms with Crippen molar-refractivity contribution in [3.8, 4) is 22.6 Å². The fraction of sp³-hybridized carbons (Fsp3) is 0.250. The molecule has 0 saturated carbocycles. The van der Waals surface area contributed by atoms with Gasteiger partial charge in [-0.15, -0.1) is 0 Å². The second-order valence-electron chi connectivity index (χ2n) is 8.81. The summed E-state index contributed by atoms with van der Waals surface area (Å²) in [6, 6.07) is 11.2. The zero-order valence-corrected chi connectivity index (χ0v) is 17.3. The van der Waals surface area contributed by atoms with Crippen LogP contribution >= 0.6 is 0 Å². The summed E-state index contributed by atoms with van der Waals surface area (Å²) in [7, 11) is 0. The van der Waals surface area contributed by atoms with Crippen molar-refractivity contribution in [2.45, 2.75) is 38.5 Å². The molecule has 30 heavy (non-hydrogen) atoms. The third-order valence-electron chi connectivity index (χ3n) is 6.26. The summed E-state index contributed by atoms with van der Waals surface area (Å²) in [5.74, 6) is 1.15. The van der Waals surface area contributed by atoms with Gasteiger partial charge in [0.05, 0.1) is 23.9 Å². The lowest BCUT2D eigenvalue weighted by Gasteiger charge is -2.28. The maximum atomic E-state index is 11.2. The molecule has 150 valence electrons. The van der Waals surface area contributed by atoms with Gasteiger partial charge in [0.1, 0.15) is 11.5 Å². The highest BCUT2D eigenvalue weighted by Crippen LogP contribution is 2.46. The number of phenols is 2. The van der Waals surface area contributed by atoms with Crippen molar-refractivity contribution in [1.29, 1.82) is 0 Å². The van der Waals surface area contributed by atoms with Crippen LogP contribution < -0.4 is 0 Å². The number of phenolic OH excluding ortho intramolecular Hbond substituents is 2. The first kappa shape index (κ1) is 18.5. The molecular weight excluding hydrogens is 376 g/mol. The Hall–Kier alpha value is -3.54. The first-order valence-electron chi connectivity index (χ1n) is 9.87. The average molecular weight is 398 g/mol. The summed E-state index contributed by atoms with van der Waals surface area (Å²) < 4.78 is 0. The molecule has 0 atom stereocenters. The van der Waals surface area contributed by atoms with E-state index in [1.54, 1.807) is 12.4 Å². The number of nitrogens with zero attached hydrogens (tertiary/aromatic N) is 4. The minimum Gasteiger partial charge on any atom is -0.507 e. The Morgan fingerprint density at radius 3 is 1.43 bits per heavy atom. The molecule has 0 aliphatic carbocycles. The minimum absolute atomic E-state index is 0.124. The molecule has 3 aliphatic heterocycles. The van der Waals surface area contributed by atoms with Gasteiger partial charge in [0.2, 0.25) is 0 Å². The highest BCUT2D eigenvalue weighted by atomic mass is 16.3. The Balaban J connectivity index is 1.89. The molecule has 2 aromatic rings.